The van der Waals surface area contributed by atoms with Gasteiger partial charge in [-0.15, -0.1) is 0 Å². The zero-order chi connectivity index (χ0) is 14.7. The van der Waals surface area contributed by atoms with Crippen molar-refractivity contribution in [2.75, 3.05) is 40.0 Å². The Labute approximate surface area is 124 Å². The van der Waals surface area contributed by atoms with Crippen LogP contribution < -0.4 is 0 Å². The van der Waals surface area contributed by atoms with E-state index in [0.717, 1.165) is 43.9 Å². The molecule has 1 fully saturated rings. The highest BCUT2D eigenvalue weighted by Gasteiger charge is 2.26. The number of amides is 1. The van der Waals surface area contributed by atoms with E-state index in [2.05, 4.69) is 9.97 Å². The quantitative estimate of drug-likeness (QED) is 0.814. The van der Waals surface area contributed by atoms with Crippen molar-refractivity contribution in [3.8, 4) is 0 Å². The minimum absolute atomic E-state index is 0.0454. The van der Waals surface area contributed by atoms with E-state index >= 15 is 0 Å². The van der Waals surface area contributed by atoms with Gasteiger partial charge in [-0.25, -0.2) is 9.97 Å². The number of carbonyl (C=O) groups is 1. The first-order valence-corrected chi connectivity index (χ1v) is 7.46. The van der Waals surface area contributed by atoms with E-state index in [9.17, 15) is 4.79 Å². The summed E-state index contributed by atoms with van der Waals surface area (Å²) in [5, 5.41) is 0. The van der Waals surface area contributed by atoms with Crippen molar-refractivity contribution in [3.63, 3.8) is 0 Å². The molecule has 21 heavy (non-hydrogen) atoms. The largest absolute Gasteiger partial charge is 0.381 e. The van der Waals surface area contributed by atoms with E-state index in [0.29, 0.717) is 19.0 Å². The molecule has 1 aromatic rings. The van der Waals surface area contributed by atoms with Crippen molar-refractivity contribution in [3.05, 3.63) is 23.3 Å². The molecule has 6 heteroatoms. The molecule has 114 valence electrons. The van der Waals surface area contributed by atoms with Crippen molar-refractivity contribution in [1.29, 1.82) is 0 Å². The maximum atomic E-state index is 12.0. The molecule has 0 spiro atoms. The smallest absolute Gasteiger partial charge is 0.248 e. The Morgan fingerprint density at radius 2 is 2.29 bits per heavy atom. The summed E-state index contributed by atoms with van der Waals surface area (Å²) in [6.07, 6.45) is 4.28. The molecule has 1 saturated heterocycles. The number of methoxy groups -OCH3 is 1. The van der Waals surface area contributed by atoms with Crippen molar-refractivity contribution >= 4 is 5.91 Å². The molecule has 2 aliphatic rings. The standard InChI is InChI=1S/C15H21N3O3/c1-20-9-14(19)18-5-2-12-13(3-6-18)16-10-17-15(12)11-4-7-21-8-11/h10-11H,2-9H2,1H3/t11-/m1/s1. The maximum Gasteiger partial charge on any atom is 0.248 e. The van der Waals surface area contributed by atoms with Crippen LogP contribution in [0.5, 0.6) is 0 Å². The molecule has 2 aliphatic heterocycles. The van der Waals surface area contributed by atoms with Crippen LogP contribution >= 0.6 is 0 Å². The summed E-state index contributed by atoms with van der Waals surface area (Å²) in [4.78, 5) is 22.8. The summed E-state index contributed by atoms with van der Waals surface area (Å²) < 4.78 is 10.4. The number of aromatic nitrogens is 2. The fourth-order valence-electron chi connectivity index (χ4n) is 3.12. The van der Waals surface area contributed by atoms with Crippen LogP contribution in [0.3, 0.4) is 0 Å². The van der Waals surface area contributed by atoms with Gasteiger partial charge in [-0.2, -0.15) is 0 Å². The third kappa shape index (κ3) is 3.06. The van der Waals surface area contributed by atoms with Gasteiger partial charge < -0.3 is 14.4 Å². The zero-order valence-corrected chi connectivity index (χ0v) is 12.4. The number of hydrogen-bond acceptors (Lipinski definition) is 5. The molecule has 3 heterocycles. The molecule has 0 saturated carbocycles. The van der Waals surface area contributed by atoms with Crippen LogP contribution in [0.15, 0.2) is 6.33 Å². The third-order valence-electron chi connectivity index (χ3n) is 4.26. The average Bonchev–Trinajstić information content (AvgIpc) is 2.93. The molecule has 6 nitrogen and oxygen atoms in total. The summed E-state index contributed by atoms with van der Waals surface area (Å²) in [7, 11) is 1.55. The molecule has 1 atom stereocenters. The summed E-state index contributed by atoms with van der Waals surface area (Å²) in [5.74, 6) is 0.423. The third-order valence-corrected chi connectivity index (χ3v) is 4.26. The Kier molecular flexibility index (Phi) is 4.45. The second-order valence-corrected chi connectivity index (χ2v) is 5.56. The maximum absolute atomic E-state index is 12.0. The van der Waals surface area contributed by atoms with E-state index in [1.165, 1.54) is 5.56 Å². The van der Waals surface area contributed by atoms with E-state index in [4.69, 9.17) is 9.47 Å². The normalized spacial score (nSPS) is 22.0. The lowest BCUT2D eigenvalue weighted by atomic mass is 9.96. The second kappa shape index (κ2) is 6.49. The number of nitrogens with zero attached hydrogens (tertiary/aromatic N) is 3. The Hall–Kier alpha value is -1.53. The van der Waals surface area contributed by atoms with E-state index in [-0.39, 0.29) is 12.5 Å². The number of rotatable bonds is 3. The van der Waals surface area contributed by atoms with Gasteiger partial charge in [0.05, 0.1) is 12.3 Å². The van der Waals surface area contributed by atoms with Crippen molar-refractivity contribution in [2.24, 2.45) is 0 Å². The molecule has 1 amide bonds. The Balaban J connectivity index is 1.79. The van der Waals surface area contributed by atoms with Crippen LogP contribution in [0.4, 0.5) is 0 Å². The van der Waals surface area contributed by atoms with Crippen LogP contribution in [0.1, 0.15) is 29.3 Å². The fourth-order valence-corrected chi connectivity index (χ4v) is 3.12. The molecule has 0 bridgehead atoms. The van der Waals surface area contributed by atoms with Gasteiger partial charge in [0.15, 0.2) is 0 Å². The monoisotopic (exact) mass is 291 g/mol. The second-order valence-electron chi connectivity index (χ2n) is 5.56. The first-order chi connectivity index (χ1) is 10.3. The average molecular weight is 291 g/mol. The minimum atomic E-state index is 0.0454. The number of ether oxygens (including phenoxy) is 2. The van der Waals surface area contributed by atoms with Crippen LogP contribution in [0.25, 0.3) is 0 Å². The molecule has 0 aromatic carbocycles. The Morgan fingerprint density at radius 1 is 1.43 bits per heavy atom. The van der Waals surface area contributed by atoms with Gasteiger partial charge in [-0.05, 0) is 18.4 Å². The molecule has 1 aromatic heterocycles. The molecule has 0 unspecified atom stereocenters. The van der Waals surface area contributed by atoms with Gasteiger partial charge >= 0.3 is 0 Å². The Bertz CT molecular complexity index is 515. The SMILES string of the molecule is COCC(=O)N1CCc2ncnc([C@@H]3CCOC3)c2CC1. The molecule has 0 aliphatic carbocycles. The molecule has 0 radical (unpaired) electrons. The Morgan fingerprint density at radius 3 is 3.05 bits per heavy atom. The predicted octanol–water partition coefficient (Wildman–Crippen LogP) is 0.554. The lowest BCUT2D eigenvalue weighted by Gasteiger charge is -2.19. The van der Waals surface area contributed by atoms with Crippen molar-refractivity contribution < 1.29 is 14.3 Å². The van der Waals surface area contributed by atoms with E-state index in [1.807, 2.05) is 4.90 Å². The molecular weight excluding hydrogens is 270 g/mol. The lowest BCUT2D eigenvalue weighted by molar-refractivity contribution is -0.135. The summed E-state index contributed by atoms with van der Waals surface area (Å²) >= 11 is 0. The minimum Gasteiger partial charge on any atom is -0.381 e. The van der Waals surface area contributed by atoms with Crippen LogP contribution in [-0.2, 0) is 27.1 Å². The predicted molar refractivity (Wildman–Crippen MR) is 76.1 cm³/mol. The van der Waals surface area contributed by atoms with Crippen LogP contribution in [0, 0.1) is 0 Å². The topological polar surface area (TPSA) is 64.5 Å². The highest BCUT2D eigenvalue weighted by molar-refractivity contribution is 5.77. The number of fused-ring (bicyclic) bond motifs is 1. The highest BCUT2D eigenvalue weighted by atomic mass is 16.5. The van der Waals surface area contributed by atoms with Crippen molar-refractivity contribution in [1.82, 2.24) is 14.9 Å². The lowest BCUT2D eigenvalue weighted by Crippen LogP contribution is -2.35. The molecule has 3 rings (SSSR count). The van der Waals surface area contributed by atoms with E-state index < -0.39 is 0 Å². The highest BCUT2D eigenvalue weighted by Crippen LogP contribution is 2.28. The number of hydrogen-bond donors (Lipinski definition) is 0. The van der Waals surface area contributed by atoms with E-state index in [1.54, 1.807) is 13.4 Å². The first-order valence-electron chi connectivity index (χ1n) is 7.46. The van der Waals surface area contributed by atoms with Gasteiger partial charge in [0, 0.05) is 44.8 Å². The first kappa shape index (κ1) is 14.4. The van der Waals surface area contributed by atoms with Gasteiger partial charge in [0.1, 0.15) is 12.9 Å². The van der Waals surface area contributed by atoms with Gasteiger partial charge in [-0.3, -0.25) is 4.79 Å². The number of carbonyl (C=O) groups excluding carboxylic acids is 1. The molecule has 0 N–H and O–H groups in total. The van der Waals surface area contributed by atoms with Gasteiger partial charge in [-0.1, -0.05) is 0 Å². The summed E-state index contributed by atoms with van der Waals surface area (Å²) in [6.45, 7) is 3.11. The van der Waals surface area contributed by atoms with Gasteiger partial charge in [0.25, 0.3) is 0 Å². The zero-order valence-electron chi connectivity index (χ0n) is 12.4. The van der Waals surface area contributed by atoms with Crippen molar-refractivity contribution in [2.45, 2.75) is 25.2 Å². The van der Waals surface area contributed by atoms with Crippen LogP contribution in [-0.4, -0.2) is 60.8 Å². The van der Waals surface area contributed by atoms with Crippen LogP contribution in [0.2, 0.25) is 0 Å². The molecular formula is C15H21N3O3. The van der Waals surface area contributed by atoms with Gasteiger partial charge in [0.2, 0.25) is 5.91 Å². The summed E-state index contributed by atoms with van der Waals surface area (Å²) in [6, 6.07) is 0. The fraction of sp³-hybridized carbons (Fsp3) is 0.667. The summed E-state index contributed by atoms with van der Waals surface area (Å²) in [5.41, 5.74) is 3.43.